The van der Waals surface area contributed by atoms with E-state index in [9.17, 15) is 41.5 Å². The van der Waals surface area contributed by atoms with Crippen LogP contribution in [0.1, 0.15) is 12.8 Å². The summed E-state index contributed by atoms with van der Waals surface area (Å²) in [5, 5.41) is 6.49. The van der Waals surface area contributed by atoms with E-state index in [1.165, 1.54) is 31.4 Å². The zero-order chi connectivity index (χ0) is 27.5. The van der Waals surface area contributed by atoms with Crippen LogP contribution in [0.15, 0.2) is 30.3 Å². The van der Waals surface area contributed by atoms with Crippen molar-refractivity contribution >= 4 is 35.5 Å². The zero-order valence-corrected chi connectivity index (χ0v) is 19.2. The van der Waals surface area contributed by atoms with Crippen molar-refractivity contribution in [2.45, 2.75) is 18.9 Å². The van der Waals surface area contributed by atoms with Crippen LogP contribution in [0.2, 0.25) is 0 Å². The van der Waals surface area contributed by atoms with E-state index in [1.54, 1.807) is 0 Å². The Hall–Kier alpha value is -4.49. The molecule has 0 radical (unpaired) electrons. The first-order chi connectivity index (χ1) is 17.6. The minimum Gasteiger partial charge on any atom is -0.497 e. The molecule has 3 N–H and O–H groups in total. The van der Waals surface area contributed by atoms with E-state index < -0.39 is 71.7 Å². The van der Waals surface area contributed by atoms with Crippen LogP contribution < -0.4 is 25.4 Å². The molecule has 0 aliphatic rings. The van der Waals surface area contributed by atoms with Crippen molar-refractivity contribution in [3.63, 3.8) is 0 Å². The number of carbonyl (C=O) groups excluding carboxylic acids is 5. The number of nitrogens with one attached hydrogen (secondary N) is 3. The number of benzene rings is 2. The van der Waals surface area contributed by atoms with Gasteiger partial charge in [0.1, 0.15) is 18.6 Å². The molecule has 198 valence electrons. The Morgan fingerprint density at radius 2 is 1.59 bits per heavy atom. The van der Waals surface area contributed by atoms with Gasteiger partial charge in [-0.25, -0.2) is 8.78 Å². The summed E-state index contributed by atoms with van der Waals surface area (Å²) in [6.45, 7) is -1.86. The standard InChI is InChI=1S/C23H21F4N3O7/c1-36-13-6-4-12(5-7-13)29-23(35)22(34)28-10-18(33)30-16(3-2-8-31)17(32)11-37-21-19(26)14(24)9-15(25)20(21)27/h4-9,16H,2-3,10-11H2,1H3,(H,28,34)(H,29,35)(H,30,33). The van der Waals surface area contributed by atoms with E-state index in [2.05, 4.69) is 15.4 Å². The Bertz CT molecular complexity index is 1150. The first-order valence-corrected chi connectivity index (χ1v) is 10.5. The van der Waals surface area contributed by atoms with Crippen LogP contribution in [0.5, 0.6) is 11.5 Å². The number of ketones is 1. The molecule has 14 heteroatoms. The van der Waals surface area contributed by atoms with E-state index in [1.807, 2.05) is 5.32 Å². The molecule has 3 amide bonds. The molecular formula is C23H21F4N3O7. The minimum atomic E-state index is -1.86. The average Bonchev–Trinajstić information content (AvgIpc) is 2.88. The Balaban J connectivity index is 1.92. The van der Waals surface area contributed by atoms with Gasteiger partial charge in [-0.05, 0) is 30.7 Å². The molecule has 0 bridgehead atoms. The van der Waals surface area contributed by atoms with E-state index >= 15 is 0 Å². The van der Waals surface area contributed by atoms with Gasteiger partial charge in [-0.15, -0.1) is 0 Å². The van der Waals surface area contributed by atoms with Crippen molar-refractivity contribution in [1.82, 2.24) is 10.6 Å². The maximum absolute atomic E-state index is 13.7. The van der Waals surface area contributed by atoms with Gasteiger partial charge < -0.3 is 30.2 Å². The normalized spacial score (nSPS) is 11.2. The third-order valence-electron chi connectivity index (χ3n) is 4.69. The summed E-state index contributed by atoms with van der Waals surface area (Å²) in [7, 11) is 1.45. The van der Waals surface area contributed by atoms with Crippen LogP contribution in [0.25, 0.3) is 0 Å². The van der Waals surface area contributed by atoms with Crippen LogP contribution in [-0.4, -0.2) is 56.1 Å². The van der Waals surface area contributed by atoms with Gasteiger partial charge in [-0.1, -0.05) is 0 Å². The Morgan fingerprint density at radius 3 is 2.16 bits per heavy atom. The van der Waals surface area contributed by atoms with E-state index in [0.29, 0.717) is 12.0 Å². The third-order valence-corrected chi connectivity index (χ3v) is 4.69. The fourth-order valence-electron chi connectivity index (χ4n) is 2.82. The molecule has 0 spiro atoms. The van der Waals surface area contributed by atoms with Gasteiger partial charge in [0, 0.05) is 18.2 Å². The Kier molecular flexibility index (Phi) is 10.5. The molecule has 2 rings (SSSR count). The molecule has 0 aliphatic heterocycles. The number of ether oxygens (including phenoxy) is 2. The maximum atomic E-state index is 13.7. The molecule has 0 saturated carbocycles. The van der Waals surface area contributed by atoms with Crippen molar-refractivity contribution in [2.75, 3.05) is 25.6 Å². The van der Waals surface area contributed by atoms with Crippen molar-refractivity contribution in [3.05, 3.63) is 53.6 Å². The van der Waals surface area contributed by atoms with Crippen LogP contribution in [0.3, 0.4) is 0 Å². The molecule has 10 nitrogen and oxygen atoms in total. The molecular weight excluding hydrogens is 506 g/mol. The molecule has 37 heavy (non-hydrogen) atoms. The number of rotatable bonds is 12. The maximum Gasteiger partial charge on any atom is 0.313 e. The monoisotopic (exact) mass is 527 g/mol. The van der Waals surface area contributed by atoms with Gasteiger partial charge in [-0.3, -0.25) is 19.2 Å². The molecule has 0 aliphatic carbocycles. The summed E-state index contributed by atoms with van der Waals surface area (Å²) in [6, 6.07) is 4.55. The fourth-order valence-corrected chi connectivity index (χ4v) is 2.82. The van der Waals surface area contributed by atoms with E-state index in [-0.39, 0.29) is 24.6 Å². The Labute approximate surface area is 207 Å². The smallest absolute Gasteiger partial charge is 0.313 e. The van der Waals surface area contributed by atoms with Gasteiger partial charge in [0.2, 0.25) is 17.5 Å². The summed E-state index contributed by atoms with van der Waals surface area (Å²) >= 11 is 0. The first kappa shape index (κ1) is 28.7. The second kappa shape index (κ2) is 13.6. The lowest BCUT2D eigenvalue weighted by Crippen LogP contribution is -2.48. The van der Waals surface area contributed by atoms with Crippen LogP contribution in [-0.2, 0) is 24.0 Å². The minimum absolute atomic E-state index is 0.0436. The lowest BCUT2D eigenvalue weighted by Gasteiger charge is -2.18. The highest BCUT2D eigenvalue weighted by Crippen LogP contribution is 2.26. The first-order valence-electron chi connectivity index (χ1n) is 10.5. The molecule has 0 aromatic heterocycles. The number of anilines is 1. The zero-order valence-electron chi connectivity index (χ0n) is 19.2. The van der Waals surface area contributed by atoms with Gasteiger partial charge in [0.05, 0.1) is 19.7 Å². The number of methoxy groups -OCH3 is 1. The molecule has 2 aromatic rings. The number of hydrogen-bond acceptors (Lipinski definition) is 7. The number of aldehydes is 1. The van der Waals surface area contributed by atoms with E-state index in [0.717, 1.165) is 0 Å². The summed E-state index contributed by atoms with van der Waals surface area (Å²) in [5.74, 6) is -12.4. The fraction of sp³-hybridized carbons (Fsp3) is 0.261. The second-order valence-corrected chi connectivity index (χ2v) is 7.28. The van der Waals surface area contributed by atoms with E-state index in [4.69, 9.17) is 4.74 Å². The summed E-state index contributed by atoms with van der Waals surface area (Å²) in [5.41, 5.74) is 0.274. The second-order valence-electron chi connectivity index (χ2n) is 7.28. The molecule has 1 unspecified atom stereocenters. The van der Waals surface area contributed by atoms with Gasteiger partial charge >= 0.3 is 11.8 Å². The van der Waals surface area contributed by atoms with Gasteiger partial charge in [-0.2, -0.15) is 8.78 Å². The highest BCUT2D eigenvalue weighted by molar-refractivity contribution is 6.39. The predicted molar refractivity (Wildman–Crippen MR) is 119 cm³/mol. The largest absolute Gasteiger partial charge is 0.497 e. The number of amides is 3. The predicted octanol–water partition coefficient (Wildman–Crippen LogP) is 1.42. The summed E-state index contributed by atoms with van der Waals surface area (Å²) < 4.78 is 63.5. The van der Waals surface area contributed by atoms with Crippen molar-refractivity contribution in [3.8, 4) is 11.5 Å². The highest BCUT2D eigenvalue weighted by atomic mass is 19.2. The molecule has 0 saturated heterocycles. The number of hydrogen-bond donors (Lipinski definition) is 3. The summed E-state index contributed by atoms with van der Waals surface area (Å²) in [6.07, 6.45) is -0.0453. The Morgan fingerprint density at radius 1 is 0.973 bits per heavy atom. The van der Waals surface area contributed by atoms with Crippen LogP contribution in [0, 0.1) is 23.3 Å². The third kappa shape index (κ3) is 8.30. The molecule has 0 fully saturated rings. The van der Waals surface area contributed by atoms with Crippen molar-refractivity contribution < 1.29 is 51.0 Å². The quantitative estimate of drug-likeness (QED) is 0.164. The summed E-state index contributed by atoms with van der Waals surface area (Å²) in [4.78, 5) is 59.2. The number of carbonyl (C=O) groups is 5. The van der Waals surface area contributed by atoms with Crippen LogP contribution in [0.4, 0.5) is 23.2 Å². The van der Waals surface area contributed by atoms with Crippen LogP contribution >= 0.6 is 0 Å². The molecule has 1 atom stereocenters. The lowest BCUT2D eigenvalue weighted by atomic mass is 10.1. The molecule has 0 heterocycles. The number of Topliss-reactive ketones (excluding diaryl/α,β-unsaturated/α-hetero) is 1. The molecule has 2 aromatic carbocycles. The SMILES string of the molecule is COc1ccc(NC(=O)C(=O)NCC(=O)NC(CCC=O)C(=O)COc2c(F)c(F)cc(F)c2F)cc1. The van der Waals surface area contributed by atoms with Crippen molar-refractivity contribution in [2.24, 2.45) is 0 Å². The van der Waals surface area contributed by atoms with Gasteiger partial charge in [0.15, 0.2) is 23.2 Å². The lowest BCUT2D eigenvalue weighted by molar-refractivity contribution is -0.137. The highest BCUT2D eigenvalue weighted by Gasteiger charge is 2.25. The topological polar surface area (TPSA) is 140 Å². The average molecular weight is 527 g/mol. The number of halogens is 4. The van der Waals surface area contributed by atoms with Gasteiger partial charge in [0.25, 0.3) is 0 Å². The van der Waals surface area contributed by atoms with Crippen molar-refractivity contribution in [1.29, 1.82) is 0 Å².